The minimum Gasteiger partial charge on any atom is -0.466 e. The maximum Gasteiger partial charge on any atom is 0.305 e. The molecule has 0 rings (SSSR count). The van der Waals surface area contributed by atoms with Crippen molar-refractivity contribution in [3.63, 3.8) is 0 Å². The Morgan fingerprint density at radius 2 is 0.806 bits per heavy atom. The number of esters is 1. The van der Waals surface area contributed by atoms with Gasteiger partial charge in [-0.2, -0.15) is 0 Å². The van der Waals surface area contributed by atoms with Gasteiger partial charge in [0.2, 0.25) is 5.91 Å². The van der Waals surface area contributed by atoms with Crippen molar-refractivity contribution >= 4 is 11.9 Å². The molecule has 364 valence electrons. The molecule has 0 heterocycles. The van der Waals surface area contributed by atoms with Gasteiger partial charge in [0.1, 0.15) is 0 Å². The number of ether oxygens (including phenoxy) is 1. The number of aliphatic hydroxyl groups is 2. The van der Waals surface area contributed by atoms with Crippen molar-refractivity contribution in [3.05, 3.63) is 36.5 Å². The Hall–Kier alpha value is -1.92. The third kappa shape index (κ3) is 47.6. The fraction of sp³-hybridized carbons (Fsp3) is 0.857. The number of hydrogen-bond donors (Lipinski definition) is 3. The van der Waals surface area contributed by atoms with Gasteiger partial charge in [0.15, 0.2) is 0 Å². The van der Waals surface area contributed by atoms with Crippen molar-refractivity contribution in [2.45, 2.75) is 296 Å². The van der Waals surface area contributed by atoms with Crippen LogP contribution in [-0.2, 0) is 14.3 Å². The molecule has 0 aromatic heterocycles. The molecule has 62 heavy (non-hydrogen) atoms. The maximum atomic E-state index is 12.4. The zero-order valence-corrected chi connectivity index (χ0v) is 41.4. The summed E-state index contributed by atoms with van der Waals surface area (Å²) in [7, 11) is 0. The van der Waals surface area contributed by atoms with Crippen LogP contribution in [0.5, 0.6) is 0 Å². The molecule has 0 aromatic rings. The molecule has 1 amide bonds. The van der Waals surface area contributed by atoms with Crippen molar-refractivity contribution in [3.8, 4) is 0 Å². The molecule has 0 aromatic carbocycles. The summed E-state index contributed by atoms with van der Waals surface area (Å²) in [5.41, 5.74) is 0. The first-order valence-corrected chi connectivity index (χ1v) is 27.3. The van der Waals surface area contributed by atoms with E-state index in [0.29, 0.717) is 19.4 Å². The molecule has 0 saturated carbocycles. The van der Waals surface area contributed by atoms with Gasteiger partial charge >= 0.3 is 5.97 Å². The summed E-state index contributed by atoms with van der Waals surface area (Å²) in [6.07, 6.45) is 63.0. The van der Waals surface area contributed by atoms with Gasteiger partial charge in [0.05, 0.1) is 25.4 Å². The predicted molar refractivity (Wildman–Crippen MR) is 269 cm³/mol. The van der Waals surface area contributed by atoms with Crippen molar-refractivity contribution in [2.24, 2.45) is 0 Å². The second kappa shape index (κ2) is 51.7. The molecular formula is C56H105NO5. The Balaban J connectivity index is 3.41. The van der Waals surface area contributed by atoms with Crippen LogP contribution in [-0.4, -0.2) is 47.4 Å². The van der Waals surface area contributed by atoms with Crippen molar-refractivity contribution in [2.75, 3.05) is 13.2 Å². The Labute approximate surface area is 385 Å². The second-order valence-corrected chi connectivity index (χ2v) is 18.6. The standard InChI is InChI=1S/C56H105NO5/c1-3-5-7-9-11-13-15-16-17-18-19-20-24-27-30-34-38-42-46-50-56(61)62-51-47-43-39-35-31-28-25-22-21-23-26-29-33-37-41-45-49-55(60)57-53(52-58)54(59)48-44-40-36-32-14-12-10-8-6-4-2/h11,13,16-17,44,48,53-54,58-59H,3-10,12,14-15,18-43,45-47,49-52H2,1-2H3,(H,57,60)/b13-11-,17-16-,48-44+. The SMILES string of the molecule is CCCCC/C=C\C/C=C\CCCCCCCCCCCC(=O)OCCCCCCCCCCCCCCCCCCC(=O)NC(CO)C(O)/C=C/CCCCCCCCCC. The average molecular weight is 872 g/mol. The van der Waals surface area contributed by atoms with Gasteiger partial charge in [-0.3, -0.25) is 9.59 Å². The molecule has 2 atom stereocenters. The summed E-state index contributed by atoms with van der Waals surface area (Å²) in [5, 5.41) is 22.9. The number of allylic oxidation sites excluding steroid dienone is 5. The van der Waals surface area contributed by atoms with Crippen LogP contribution >= 0.6 is 0 Å². The first kappa shape index (κ1) is 60.1. The van der Waals surface area contributed by atoms with Gasteiger partial charge in [0, 0.05) is 12.8 Å². The highest BCUT2D eigenvalue weighted by Gasteiger charge is 2.18. The van der Waals surface area contributed by atoms with Crippen LogP contribution in [0.3, 0.4) is 0 Å². The first-order chi connectivity index (χ1) is 30.5. The molecule has 2 unspecified atom stereocenters. The Bertz CT molecular complexity index is 1010. The highest BCUT2D eigenvalue weighted by molar-refractivity contribution is 5.76. The highest BCUT2D eigenvalue weighted by atomic mass is 16.5. The third-order valence-electron chi connectivity index (χ3n) is 12.4. The van der Waals surface area contributed by atoms with Gasteiger partial charge < -0.3 is 20.3 Å². The van der Waals surface area contributed by atoms with Crippen molar-refractivity contribution in [1.29, 1.82) is 0 Å². The monoisotopic (exact) mass is 872 g/mol. The fourth-order valence-electron chi connectivity index (χ4n) is 8.19. The van der Waals surface area contributed by atoms with E-state index in [1.165, 1.54) is 205 Å². The summed E-state index contributed by atoms with van der Waals surface area (Å²) in [6, 6.07) is -0.632. The van der Waals surface area contributed by atoms with Crippen LogP contribution in [0.2, 0.25) is 0 Å². The number of amides is 1. The maximum absolute atomic E-state index is 12.4. The number of carbonyl (C=O) groups excluding carboxylic acids is 2. The quantitative estimate of drug-likeness (QED) is 0.0321. The molecule has 0 saturated heterocycles. The first-order valence-electron chi connectivity index (χ1n) is 27.3. The lowest BCUT2D eigenvalue weighted by Crippen LogP contribution is -2.45. The Morgan fingerprint density at radius 3 is 1.26 bits per heavy atom. The zero-order valence-electron chi connectivity index (χ0n) is 41.4. The minimum atomic E-state index is -0.847. The zero-order chi connectivity index (χ0) is 45.1. The van der Waals surface area contributed by atoms with Crippen LogP contribution < -0.4 is 5.32 Å². The van der Waals surface area contributed by atoms with Crippen molar-refractivity contribution in [1.82, 2.24) is 5.32 Å². The van der Waals surface area contributed by atoms with Gasteiger partial charge in [-0.1, -0.05) is 243 Å². The van der Waals surface area contributed by atoms with Crippen LogP contribution in [0.1, 0.15) is 284 Å². The lowest BCUT2D eigenvalue weighted by Gasteiger charge is -2.20. The molecule has 6 nitrogen and oxygen atoms in total. The Morgan fingerprint density at radius 1 is 0.452 bits per heavy atom. The molecule has 0 bridgehead atoms. The second-order valence-electron chi connectivity index (χ2n) is 18.6. The van der Waals surface area contributed by atoms with E-state index in [2.05, 4.69) is 43.5 Å². The summed E-state index contributed by atoms with van der Waals surface area (Å²) >= 11 is 0. The third-order valence-corrected chi connectivity index (χ3v) is 12.4. The number of aliphatic hydroxyl groups excluding tert-OH is 2. The molecule has 0 fully saturated rings. The van der Waals surface area contributed by atoms with E-state index in [-0.39, 0.29) is 18.5 Å². The smallest absolute Gasteiger partial charge is 0.305 e. The fourth-order valence-corrected chi connectivity index (χ4v) is 8.19. The van der Waals surface area contributed by atoms with Crippen LogP contribution in [0.15, 0.2) is 36.5 Å². The van der Waals surface area contributed by atoms with Gasteiger partial charge in [-0.15, -0.1) is 0 Å². The van der Waals surface area contributed by atoms with Crippen molar-refractivity contribution < 1.29 is 24.5 Å². The van der Waals surface area contributed by atoms with E-state index in [9.17, 15) is 19.8 Å². The number of hydrogen-bond acceptors (Lipinski definition) is 5. The normalized spacial score (nSPS) is 12.9. The summed E-state index contributed by atoms with van der Waals surface area (Å²) < 4.78 is 5.48. The average Bonchev–Trinajstić information content (AvgIpc) is 3.27. The minimum absolute atomic E-state index is 0.00225. The topological polar surface area (TPSA) is 95.9 Å². The number of rotatable bonds is 50. The number of unbranched alkanes of at least 4 members (excludes halogenated alkanes) is 35. The molecule has 6 heteroatoms. The van der Waals surface area contributed by atoms with E-state index >= 15 is 0 Å². The van der Waals surface area contributed by atoms with E-state index in [1.807, 2.05) is 6.08 Å². The van der Waals surface area contributed by atoms with Gasteiger partial charge in [0.25, 0.3) is 0 Å². The largest absolute Gasteiger partial charge is 0.466 e. The van der Waals surface area contributed by atoms with E-state index in [1.54, 1.807) is 6.08 Å². The molecule has 0 aliphatic rings. The number of nitrogens with one attached hydrogen (secondary N) is 1. The molecule has 0 spiro atoms. The molecule has 0 aliphatic heterocycles. The van der Waals surface area contributed by atoms with E-state index < -0.39 is 12.1 Å². The van der Waals surface area contributed by atoms with E-state index in [4.69, 9.17) is 4.74 Å². The molecular weight excluding hydrogens is 767 g/mol. The lowest BCUT2D eigenvalue weighted by atomic mass is 10.0. The van der Waals surface area contributed by atoms with Gasteiger partial charge in [-0.05, 0) is 64.2 Å². The summed E-state index contributed by atoms with van der Waals surface area (Å²) in [4.78, 5) is 24.5. The number of carbonyl (C=O) groups is 2. The molecule has 0 radical (unpaired) electrons. The summed E-state index contributed by atoms with van der Waals surface area (Å²) in [6.45, 7) is 4.84. The predicted octanol–water partition coefficient (Wildman–Crippen LogP) is 16.5. The highest BCUT2D eigenvalue weighted by Crippen LogP contribution is 2.16. The lowest BCUT2D eigenvalue weighted by molar-refractivity contribution is -0.143. The van der Waals surface area contributed by atoms with Crippen LogP contribution in [0, 0.1) is 0 Å². The van der Waals surface area contributed by atoms with Crippen LogP contribution in [0.4, 0.5) is 0 Å². The Kier molecular flexibility index (Phi) is 50.1. The summed E-state index contributed by atoms with van der Waals surface area (Å²) in [5.74, 6) is -0.0794. The van der Waals surface area contributed by atoms with E-state index in [0.717, 1.165) is 51.4 Å². The molecule has 3 N–H and O–H groups in total. The van der Waals surface area contributed by atoms with Crippen LogP contribution in [0.25, 0.3) is 0 Å². The van der Waals surface area contributed by atoms with Gasteiger partial charge in [-0.25, -0.2) is 0 Å². The molecule has 0 aliphatic carbocycles.